The van der Waals surface area contributed by atoms with Crippen LogP contribution in [0.25, 0.3) is 10.4 Å². The molecule has 2 aliphatic heterocycles. The molecule has 9 nitrogen and oxygen atoms in total. The molecule has 1 fully saturated rings. The molecule has 1 saturated heterocycles. The third kappa shape index (κ3) is 5.31. The van der Waals surface area contributed by atoms with Gasteiger partial charge in [0.1, 0.15) is 23.9 Å². The maximum atomic E-state index is 15.3. The van der Waals surface area contributed by atoms with Crippen molar-refractivity contribution in [3.05, 3.63) is 70.4 Å². The number of aromatic nitrogens is 1. The van der Waals surface area contributed by atoms with Crippen LogP contribution in [0.1, 0.15) is 41.0 Å². The van der Waals surface area contributed by atoms with Crippen molar-refractivity contribution in [3.8, 4) is 16.2 Å². The molecule has 4 atom stereocenters. The number of hydrogen-bond donors (Lipinski definition) is 2. The van der Waals surface area contributed by atoms with Crippen LogP contribution in [-0.4, -0.2) is 75.6 Å². The number of β-amino-alcohol motifs (C(OH)–C–C–N with tert-alkyl or cyclic N) is 1. The minimum atomic E-state index is -1.98. The zero-order valence-corrected chi connectivity index (χ0v) is 24.2. The number of alkyl halides is 1. The summed E-state index contributed by atoms with van der Waals surface area (Å²) < 4.78 is 20.8. The molecule has 3 aromatic rings. The van der Waals surface area contributed by atoms with Crippen LogP contribution < -0.4 is 10.1 Å². The Kier molecular flexibility index (Phi) is 8.10. The molecule has 216 valence electrons. The topological polar surface area (TPSA) is 112 Å². The summed E-state index contributed by atoms with van der Waals surface area (Å²) in [5, 5.41) is 13.1. The molecule has 3 amide bonds. The second kappa shape index (κ2) is 11.6. The van der Waals surface area contributed by atoms with Gasteiger partial charge in [0, 0.05) is 24.2 Å². The number of rotatable bonds is 8. The predicted octanol–water partition coefficient (Wildman–Crippen LogP) is 3.33. The van der Waals surface area contributed by atoms with Gasteiger partial charge in [0.2, 0.25) is 11.8 Å². The van der Waals surface area contributed by atoms with Crippen LogP contribution in [0.2, 0.25) is 0 Å². The molecule has 0 spiro atoms. The zero-order chi connectivity index (χ0) is 29.4. The molecule has 0 saturated carbocycles. The first-order valence-corrected chi connectivity index (χ1v) is 14.4. The number of benzene rings is 2. The van der Waals surface area contributed by atoms with Crippen LogP contribution in [0.5, 0.6) is 5.75 Å². The van der Waals surface area contributed by atoms with Gasteiger partial charge in [-0.1, -0.05) is 44.2 Å². The van der Waals surface area contributed by atoms with Gasteiger partial charge in [0.25, 0.3) is 5.91 Å². The number of ether oxygens (including phenoxy) is 1. The summed E-state index contributed by atoms with van der Waals surface area (Å²) in [6.45, 7) is 5.45. The monoisotopic (exact) mass is 580 g/mol. The van der Waals surface area contributed by atoms with Crippen LogP contribution >= 0.6 is 11.3 Å². The van der Waals surface area contributed by atoms with Gasteiger partial charge in [-0.05, 0) is 36.1 Å². The smallest absolute Gasteiger partial charge is 0.255 e. The molecular formula is C30H33FN4O5S. The molecule has 3 heterocycles. The first kappa shape index (κ1) is 28.7. The van der Waals surface area contributed by atoms with Gasteiger partial charge in [-0.15, -0.1) is 11.3 Å². The summed E-state index contributed by atoms with van der Waals surface area (Å²) in [5.41, 5.74) is 5.59. The third-order valence-corrected chi connectivity index (χ3v) is 8.74. The molecule has 0 bridgehead atoms. The zero-order valence-electron chi connectivity index (χ0n) is 23.3. The number of halogens is 1. The number of carbonyl (C=O) groups is 3. The highest BCUT2D eigenvalue weighted by molar-refractivity contribution is 7.13. The van der Waals surface area contributed by atoms with E-state index in [2.05, 4.69) is 10.3 Å². The van der Waals surface area contributed by atoms with E-state index in [1.807, 2.05) is 37.3 Å². The number of thiazole rings is 1. The largest absolute Gasteiger partial charge is 0.496 e. The van der Waals surface area contributed by atoms with Crippen LogP contribution in [0.3, 0.4) is 0 Å². The SMILES string of the molecule is COc1cc(-c2scnc2C)ccc1CNC(=O)[C@@H]1[C@@H](F)[C@@H](O)CN1C(=O)[C@H](C(C)C)N1Cc2ccccc2C1=O. The maximum absolute atomic E-state index is 15.3. The lowest BCUT2D eigenvalue weighted by molar-refractivity contribution is -0.144. The number of nitrogens with one attached hydrogen (secondary N) is 1. The molecule has 1 aromatic heterocycles. The Balaban J connectivity index is 1.34. The quantitative estimate of drug-likeness (QED) is 0.423. The molecule has 0 radical (unpaired) electrons. The highest BCUT2D eigenvalue weighted by Gasteiger charge is 2.51. The van der Waals surface area contributed by atoms with Crippen molar-refractivity contribution < 1.29 is 28.6 Å². The summed E-state index contributed by atoms with van der Waals surface area (Å²) in [7, 11) is 1.53. The first-order chi connectivity index (χ1) is 19.6. The normalized spacial score (nSPS) is 20.9. The molecule has 11 heteroatoms. The van der Waals surface area contributed by atoms with Crippen LogP contribution in [-0.2, 0) is 22.7 Å². The lowest BCUT2D eigenvalue weighted by Crippen LogP contribution is -2.56. The Hall–Kier alpha value is -3.83. The average Bonchev–Trinajstić information content (AvgIpc) is 3.62. The lowest BCUT2D eigenvalue weighted by Gasteiger charge is -2.35. The van der Waals surface area contributed by atoms with E-state index in [1.165, 1.54) is 23.3 Å². The number of carbonyl (C=O) groups excluding carboxylic acids is 3. The molecule has 5 rings (SSSR count). The molecule has 2 aliphatic rings. The van der Waals surface area contributed by atoms with Gasteiger partial charge < -0.3 is 25.0 Å². The summed E-state index contributed by atoms with van der Waals surface area (Å²) in [5.74, 6) is -1.36. The second-order valence-corrected chi connectivity index (χ2v) is 11.6. The van der Waals surface area contributed by atoms with Crippen LogP contribution in [0, 0.1) is 12.8 Å². The second-order valence-electron chi connectivity index (χ2n) is 10.7. The Morgan fingerprint density at radius 2 is 2.00 bits per heavy atom. The van der Waals surface area contributed by atoms with E-state index in [-0.39, 0.29) is 31.5 Å². The van der Waals surface area contributed by atoms with Crippen LogP contribution in [0.15, 0.2) is 48.0 Å². The van der Waals surface area contributed by atoms with Crippen molar-refractivity contribution in [1.29, 1.82) is 0 Å². The Bertz CT molecular complexity index is 1480. The predicted molar refractivity (Wildman–Crippen MR) is 152 cm³/mol. The van der Waals surface area contributed by atoms with Crippen molar-refractivity contribution in [2.24, 2.45) is 5.92 Å². The van der Waals surface area contributed by atoms with E-state index < -0.39 is 36.2 Å². The van der Waals surface area contributed by atoms with Gasteiger partial charge >= 0.3 is 0 Å². The van der Waals surface area contributed by atoms with E-state index in [0.717, 1.165) is 26.6 Å². The van der Waals surface area contributed by atoms with Crippen molar-refractivity contribution >= 4 is 29.1 Å². The van der Waals surface area contributed by atoms with E-state index >= 15 is 4.39 Å². The number of hydrogen-bond acceptors (Lipinski definition) is 7. The number of methoxy groups -OCH3 is 1. The Morgan fingerprint density at radius 1 is 1.24 bits per heavy atom. The Morgan fingerprint density at radius 3 is 2.66 bits per heavy atom. The van der Waals surface area contributed by atoms with Gasteiger partial charge in [-0.25, -0.2) is 9.37 Å². The average molecular weight is 581 g/mol. The molecule has 2 N–H and O–H groups in total. The van der Waals surface area contributed by atoms with Crippen molar-refractivity contribution in [1.82, 2.24) is 20.1 Å². The minimum absolute atomic E-state index is 0.0266. The van der Waals surface area contributed by atoms with E-state index in [0.29, 0.717) is 16.9 Å². The number of aliphatic hydroxyl groups excluding tert-OH is 1. The van der Waals surface area contributed by atoms with E-state index in [9.17, 15) is 19.5 Å². The van der Waals surface area contributed by atoms with Gasteiger partial charge in [0.15, 0.2) is 6.17 Å². The number of amides is 3. The molecule has 0 unspecified atom stereocenters. The number of aryl methyl sites for hydroxylation is 1. The highest BCUT2D eigenvalue weighted by Crippen LogP contribution is 2.33. The summed E-state index contributed by atoms with van der Waals surface area (Å²) in [4.78, 5) is 48.3. The fourth-order valence-electron chi connectivity index (χ4n) is 5.66. The fraction of sp³-hybridized carbons (Fsp3) is 0.400. The van der Waals surface area contributed by atoms with Gasteiger partial charge in [-0.2, -0.15) is 0 Å². The Labute approximate surface area is 241 Å². The van der Waals surface area contributed by atoms with Crippen molar-refractivity contribution in [2.75, 3.05) is 13.7 Å². The molecule has 41 heavy (non-hydrogen) atoms. The van der Waals surface area contributed by atoms with Gasteiger partial charge in [-0.3, -0.25) is 14.4 Å². The molecule has 2 aromatic carbocycles. The third-order valence-electron chi connectivity index (χ3n) is 7.76. The number of fused-ring (bicyclic) bond motifs is 1. The summed E-state index contributed by atoms with van der Waals surface area (Å²) in [6.07, 6.45) is -3.50. The lowest BCUT2D eigenvalue weighted by atomic mass is 10.00. The number of likely N-dealkylation sites (tertiary alicyclic amines) is 1. The van der Waals surface area contributed by atoms with Crippen molar-refractivity contribution in [2.45, 2.75) is 58.2 Å². The molecule has 0 aliphatic carbocycles. The first-order valence-electron chi connectivity index (χ1n) is 13.5. The fourth-order valence-corrected chi connectivity index (χ4v) is 6.46. The highest BCUT2D eigenvalue weighted by atomic mass is 32.1. The minimum Gasteiger partial charge on any atom is -0.496 e. The van der Waals surface area contributed by atoms with E-state index in [1.54, 1.807) is 31.5 Å². The number of nitrogens with zero attached hydrogens (tertiary/aromatic N) is 3. The van der Waals surface area contributed by atoms with Crippen LogP contribution in [0.4, 0.5) is 4.39 Å². The standard InChI is InChI=1S/C30H33FN4O5S/c1-16(2)25(34-13-20-7-5-6-8-21(20)29(34)38)30(39)35-14-22(36)24(31)26(35)28(37)32-12-19-10-9-18(11-23(19)40-4)27-17(3)33-15-41-27/h5-11,15-16,22,24-26,36H,12-14H2,1-4H3,(H,32,37)/t22-,24-,25-,26-/m0/s1. The van der Waals surface area contributed by atoms with Crippen molar-refractivity contribution in [3.63, 3.8) is 0 Å². The van der Waals surface area contributed by atoms with E-state index in [4.69, 9.17) is 4.74 Å². The number of aliphatic hydroxyl groups is 1. The summed E-state index contributed by atoms with van der Waals surface area (Å²) >= 11 is 1.51. The molecular weight excluding hydrogens is 547 g/mol. The summed E-state index contributed by atoms with van der Waals surface area (Å²) in [6, 6.07) is 10.3. The maximum Gasteiger partial charge on any atom is 0.255 e. The van der Waals surface area contributed by atoms with Gasteiger partial charge in [0.05, 0.1) is 29.7 Å².